The van der Waals surface area contributed by atoms with E-state index in [-0.39, 0.29) is 0 Å². The molecule has 1 aliphatic rings. The fourth-order valence-corrected chi connectivity index (χ4v) is 2.27. The van der Waals surface area contributed by atoms with Crippen LogP contribution < -0.4 is 4.90 Å². The third-order valence-corrected chi connectivity index (χ3v) is 3.52. The fraction of sp³-hybridized carbons (Fsp3) is 0.571. The van der Waals surface area contributed by atoms with Crippen molar-refractivity contribution >= 4 is 5.69 Å². The number of benzene rings is 1. The van der Waals surface area contributed by atoms with Gasteiger partial charge in [0.1, 0.15) is 0 Å². The van der Waals surface area contributed by atoms with Crippen LogP contribution in [-0.2, 0) is 4.74 Å². The molecule has 0 spiro atoms. The number of nitrogens with zero attached hydrogens (tertiary/aromatic N) is 1. The molecule has 94 valence electrons. The average Bonchev–Trinajstić information content (AvgIpc) is 2.39. The normalized spacial score (nSPS) is 19.0. The Hall–Kier alpha value is -1.06. The predicted molar refractivity (Wildman–Crippen MR) is 69.3 cm³/mol. The van der Waals surface area contributed by atoms with E-state index in [1.807, 2.05) is 12.1 Å². The van der Waals surface area contributed by atoms with Crippen molar-refractivity contribution in [1.82, 2.24) is 0 Å². The van der Waals surface area contributed by atoms with E-state index in [2.05, 4.69) is 24.1 Å². The van der Waals surface area contributed by atoms with E-state index in [9.17, 15) is 5.11 Å². The summed E-state index contributed by atoms with van der Waals surface area (Å²) in [4.78, 5) is 2.31. The van der Waals surface area contributed by atoms with Crippen LogP contribution in [0.4, 0.5) is 5.69 Å². The molecule has 1 aliphatic heterocycles. The molecule has 1 aromatic carbocycles. The number of hydrogen-bond acceptors (Lipinski definition) is 3. The summed E-state index contributed by atoms with van der Waals surface area (Å²) in [7, 11) is 2.13. The van der Waals surface area contributed by atoms with Gasteiger partial charge in [-0.25, -0.2) is 0 Å². The number of ether oxygens (including phenoxy) is 1. The smallest absolute Gasteiger partial charge is 0.0761 e. The highest BCUT2D eigenvalue weighted by Gasteiger charge is 2.18. The lowest BCUT2D eigenvalue weighted by molar-refractivity contribution is 0.0855. The monoisotopic (exact) mass is 235 g/mol. The van der Waals surface area contributed by atoms with E-state index in [0.717, 1.165) is 31.6 Å². The van der Waals surface area contributed by atoms with E-state index in [1.54, 1.807) is 6.92 Å². The summed E-state index contributed by atoms with van der Waals surface area (Å²) < 4.78 is 5.38. The van der Waals surface area contributed by atoms with Gasteiger partial charge in [-0.1, -0.05) is 12.1 Å². The Morgan fingerprint density at radius 3 is 2.35 bits per heavy atom. The Bertz CT molecular complexity index is 342. The molecule has 0 aromatic heterocycles. The zero-order valence-corrected chi connectivity index (χ0v) is 10.6. The van der Waals surface area contributed by atoms with Crippen LogP contribution in [-0.4, -0.2) is 31.4 Å². The number of hydrogen-bond donors (Lipinski definition) is 1. The first-order chi connectivity index (χ1) is 8.18. The topological polar surface area (TPSA) is 32.7 Å². The lowest BCUT2D eigenvalue weighted by atomic mass is 10.1. The number of anilines is 1. The van der Waals surface area contributed by atoms with Crippen LogP contribution in [0.5, 0.6) is 0 Å². The molecule has 2 rings (SSSR count). The summed E-state index contributed by atoms with van der Waals surface area (Å²) in [6, 6.07) is 8.72. The van der Waals surface area contributed by atoms with Crippen LogP contribution in [0, 0.1) is 0 Å². The van der Waals surface area contributed by atoms with Crippen molar-refractivity contribution in [2.45, 2.75) is 31.9 Å². The van der Waals surface area contributed by atoms with Crippen LogP contribution in [0.1, 0.15) is 31.4 Å². The van der Waals surface area contributed by atoms with Crippen molar-refractivity contribution in [2.24, 2.45) is 0 Å². The Balaban J connectivity index is 2.05. The van der Waals surface area contributed by atoms with Crippen molar-refractivity contribution < 1.29 is 9.84 Å². The molecule has 1 N–H and O–H groups in total. The highest BCUT2D eigenvalue weighted by Crippen LogP contribution is 2.23. The first-order valence-corrected chi connectivity index (χ1v) is 6.27. The van der Waals surface area contributed by atoms with Crippen molar-refractivity contribution in [3.05, 3.63) is 29.8 Å². The molecule has 0 aliphatic carbocycles. The third kappa shape index (κ3) is 2.99. The summed E-state index contributed by atoms with van der Waals surface area (Å²) in [5.74, 6) is 0. The summed E-state index contributed by atoms with van der Waals surface area (Å²) in [5, 5.41) is 9.47. The van der Waals surface area contributed by atoms with Gasteiger partial charge in [0, 0.05) is 32.0 Å². The van der Waals surface area contributed by atoms with Gasteiger partial charge in [-0.3, -0.25) is 0 Å². The van der Waals surface area contributed by atoms with Crippen molar-refractivity contribution in [3.63, 3.8) is 0 Å². The van der Waals surface area contributed by atoms with Crippen LogP contribution in [0.15, 0.2) is 24.3 Å². The van der Waals surface area contributed by atoms with Gasteiger partial charge < -0.3 is 14.7 Å². The Labute approximate surface area is 103 Å². The first-order valence-electron chi connectivity index (χ1n) is 6.27. The van der Waals surface area contributed by atoms with Gasteiger partial charge >= 0.3 is 0 Å². The Kier molecular flexibility index (Phi) is 4.02. The summed E-state index contributed by atoms with van der Waals surface area (Å²) in [6.07, 6.45) is 1.79. The van der Waals surface area contributed by atoms with Gasteiger partial charge in [-0.2, -0.15) is 0 Å². The number of rotatable bonds is 3. The average molecular weight is 235 g/mol. The third-order valence-electron chi connectivity index (χ3n) is 3.52. The van der Waals surface area contributed by atoms with Gasteiger partial charge in [0.2, 0.25) is 0 Å². The van der Waals surface area contributed by atoms with Gasteiger partial charge in [0.05, 0.1) is 6.10 Å². The SMILES string of the molecule is CC(O)c1ccc(N(C)C2CCOCC2)cc1. The van der Waals surface area contributed by atoms with Crippen LogP contribution in [0.25, 0.3) is 0 Å². The molecule has 17 heavy (non-hydrogen) atoms. The predicted octanol–water partition coefficient (Wildman–Crippen LogP) is 2.36. The maximum atomic E-state index is 9.47. The molecule has 0 amide bonds. The summed E-state index contributed by atoms with van der Waals surface area (Å²) in [6.45, 7) is 3.51. The van der Waals surface area contributed by atoms with Gasteiger partial charge in [-0.05, 0) is 37.5 Å². The van der Waals surface area contributed by atoms with Gasteiger partial charge in [-0.15, -0.1) is 0 Å². The van der Waals surface area contributed by atoms with Crippen LogP contribution in [0.3, 0.4) is 0 Å². The minimum absolute atomic E-state index is 0.391. The minimum Gasteiger partial charge on any atom is -0.389 e. The second-order valence-electron chi connectivity index (χ2n) is 4.72. The molecule has 0 saturated carbocycles. The molecule has 0 bridgehead atoms. The molecule has 3 nitrogen and oxygen atoms in total. The van der Waals surface area contributed by atoms with E-state index < -0.39 is 6.10 Å². The van der Waals surface area contributed by atoms with Crippen molar-refractivity contribution in [1.29, 1.82) is 0 Å². The van der Waals surface area contributed by atoms with Crippen LogP contribution in [0.2, 0.25) is 0 Å². The maximum Gasteiger partial charge on any atom is 0.0761 e. The molecular formula is C14H21NO2. The summed E-state index contributed by atoms with van der Waals surface area (Å²) in [5.41, 5.74) is 2.18. The van der Waals surface area contributed by atoms with Gasteiger partial charge in [0.25, 0.3) is 0 Å². The Morgan fingerprint density at radius 2 is 1.82 bits per heavy atom. The molecule has 1 heterocycles. The maximum absolute atomic E-state index is 9.47. The molecule has 1 atom stereocenters. The molecule has 1 unspecified atom stereocenters. The Morgan fingerprint density at radius 1 is 1.24 bits per heavy atom. The van der Waals surface area contributed by atoms with E-state index >= 15 is 0 Å². The van der Waals surface area contributed by atoms with Gasteiger partial charge in [0.15, 0.2) is 0 Å². The summed E-state index contributed by atoms with van der Waals surface area (Å²) >= 11 is 0. The molecule has 1 fully saturated rings. The molecule has 1 aromatic rings. The largest absolute Gasteiger partial charge is 0.389 e. The number of aliphatic hydroxyl groups is 1. The molecule has 0 radical (unpaired) electrons. The number of aliphatic hydroxyl groups excluding tert-OH is 1. The lowest BCUT2D eigenvalue weighted by Gasteiger charge is -2.33. The minimum atomic E-state index is -0.391. The second-order valence-corrected chi connectivity index (χ2v) is 4.72. The zero-order chi connectivity index (χ0) is 12.3. The fourth-order valence-electron chi connectivity index (χ4n) is 2.27. The first kappa shape index (κ1) is 12.4. The van der Waals surface area contributed by atoms with E-state index in [4.69, 9.17) is 4.74 Å². The quantitative estimate of drug-likeness (QED) is 0.873. The van der Waals surface area contributed by atoms with E-state index in [0.29, 0.717) is 6.04 Å². The lowest BCUT2D eigenvalue weighted by Crippen LogP contribution is -2.36. The molecular weight excluding hydrogens is 214 g/mol. The highest BCUT2D eigenvalue weighted by molar-refractivity contribution is 5.48. The van der Waals surface area contributed by atoms with Crippen molar-refractivity contribution in [3.8, 4) is 0 Å². The second kappa shape index (κ2) is 5.52. The molecule has 3 heteroatoms. The molecule has 1 saturated heterocycles. The zero-order valence-electron chi connectivity index (χ0n) is 10.6. The standard InChI is InChI=1S/C14H21NO2/c1-11(16)12-3-5-13(6-4-12)15(2)14-7-9-17-10-8-14/h3-6,11,14,16H,7-10H2,1-2H3. The van der Waals surface area contributed by atoms with Crippen molar-refractivity contribution in [2.75, 3.05) is 25.2 Å². The van der Waals surface area contributed by atoms with E-state index in [1.165, 1.54) is 5.69 Å². The van der Waals surface area contributed by atoms with Crippen LogP contribution >= 0.6 is 0 Å². The highest BCUT2D eigenvalue weighted by atomic mass is 16.5.